The van der Waals surface area contributed by atoms with Crippen molar-refractivity contribution in [1.82, 2.24) is 9.55 Å². The predicted octanol–water partition coefficient (Wildman–Crippen LogP) is 3.49. The number of nitrogens with zero attached hydrogens (tertiary/aromatic N) is 2. The number of aromatic carboxylic acids is 1. The van der Waals surface area contributed by atoms with E-state index in [1.165, 1.54) is 0 Å². The fourth-order valence-electron chi connectivity index (χ4n) is 1.98. The predicted molar refractivity (Wildman–Crippen MR) is 75.7 cm³/mol. The van der Waals surface area contributed by atoms with Gasteiger partial charge in [0.15, 0.2) is 0 Å². The van der Waals surface area contributed by atoms with Crippen LogP contribution < -0.4 is 0 Å². The average Bonchev–Trinajstić information content (AvgIpc) is 2.82. The van der Waals surface area contributed by atoms with Gasteiger partial charge in [-0.3, -0.25) is 4.57 Å². The molecule has 94 valence electrons. The summed E-state index contributed by atoms with van der Waals surface area (Å²) in [5.74, 6) is -0.947. The van der Waals surface area contributed by atoms with Crippen molar-refractivity contribution in [2.75, 3.05) is 0 Å². The zero-order chi connectivity index (χ0) is 13.4. The summed E-state index contributed by atoms with van der Waals surface area (Å²) in [5.41, 5.74) is 2.74. The van der Waals surface area contributed by atoms with Gasteiger partial charge < -0.3 is 5.11 Å². The van der Waals surface area contributed by atoms with Crippen LogP contribution in [0, 0.1) is 0 Å². The maximum atomic E-state index is 10.9. The van der Waals surface area contributed by atoms with E-state index in [0.717, 1.165) is 15.7 Å². The minimum Gasteiger partial charge on any atom is -0.478 e. The summed E-state index contributed by atoms with van der Waals surface area (Å²) in [6, 6.07) is 12.7. The molecule has 3 aromatic rings. The SMILES string of the molecule is O=C(O)c1ccc2c(c1)ncn2-c1ccccc1Br. The zero-order valence-corrected chi connectivity index (χ0v) is 11.3. The van der Waals surface area contributed by atoms with E-state index in [9.17, 15) is 4.79 Å². The number of benzene rings is 2. The number of para-hydroxylation sites is 1. The first-order chi connectivity index (χ1) is 9.16. The van der Waals surface area contributed by atoms with Crippen molar-refractivity contribution in [3.63, 3.8) is 0 Å². The highest BCUT2D eigenvalue weighted by atomic mass is 79.9. The van der Waals surface area contributed by atoms with Gasteiger partial charge in [-0.05, 0) is 46.3 Å². The Kier molecular flexibility index (Phi) is 2.83. The van der Waals surface area contributed by atoms with Crippen molar-refractivity contribution in [1.29, 1.82) is 0 Å². The van der Waals surface area contributed by atoms with Crippen molar-refractivity contribution in [3.8, 4) is 5.69 Å². The Labute approximate surface area is 117 Å². The Balaban J connectivity index is 2.22. The molecule has 0 spiro atoms. The van der Waals surface area contributed by atoms with Crippen LogP contribution in [-0.4, -0.2) is 20.6 Å². The highest BCUT2D eigenvalue weighted by Crippen LogP contribution is 2.25. The van der Waals surface area contributed by atoms with E-state index in [4.69, 9.17) is 5.11 Å². The van der Waals surface area contributed by atoms with Crippen LogP contribution in [0.15, 0.2) is 53.3 Å². The number of hydrogen-bond donors (Lipinski definition) is 1. The highest BCUT2D eigenvalue weighted by molar-refractivity contribution is 9.10. The molecule has 0 aliphatic carbocycles. The number of rotatable bonds is 2. The Morgan fingerprint density at radius 2 is 2.00 bits per heavy atom. The highest BCUT2D eigenvalue weighted by Gasteiger charge is 2.10. The van der Waals surface area contributed by atoms with Crippen LogP contribution in [0.1, 0.15) is 10.4 Å². The molecule has 0 aliphatic rings. The maximum absolute atomic E-state index is 10.9. The fourth-order valence-corrected chi connectivity index (χ4v) is 2.46. The van der Waals surface area contributed by atoms with E-state index >= 15 is 0 Å². The van der Waals surface area contributed by atoms with Crippen LogP contribution >= 0.6 is 15.9 Å². The van der Waals surface area contributed by atoms with Gasteiger partial charge in [0.2, 0.25) is 0 Å². The molecular formula is C14H9BrN2O2. The lowest BCUT2D eigenvalue weighted by atomic mass is 10.2. The molecule has 1 N–H and O–H groups in total. The van der Waals surface area contributed by atoms with Gasteiger partial charge in [0, 0.05) is 4.47 Å². The third-order valence-electron chi connectivity index (χ3n) is 2.91. The Morgan fingerprint density at radius 3 is 2.74 bits per heavy atom. The van der Waals surface area contributed by atoms with Crippen LogP contribution in [0.3, 0.4) is 0 Å². The van der Waals surface area contributed by atoms with Crippen LogP contribution in [0.5, 0.6) is 0 Å². The first-order valence-electron chi connectivity index (χ1n) is 5.62. The van der Waals surface area contributed by atoms with Crippen LogP contribution in [0.4, 0.5) is 0 Å². The van der Waals surface area contributed by atoms with Crippen molar-refractivity contribution in [3.05, 3.63) is 58.8 Å². The van der Waals surface area contributed by atoms with Gasteiger partial charge in [0.05, 0.1) is 22.3 Å². The lowest BCUT2D eigenvalue weighted by Crippen LogP contribution is -1.96. The number of imidazole rings is 1. The fraction of sp³-hybridized carbons (Fsp3) is 0. The molecule has 19 heavy (non-hydrogen) atoms. The average molecular weight is 317 g/mol. The monoisotopic (exact) mass is 316 g/mol. The molecule has 0 radical (unpaired) electrons. The lowest BCUT2D eigenvalue weighted by molar-refractivity contribution is 0.0697. The van der Waals surface area contributed by atoms with Crippen LogP contribution in [0.2, 0.25) is 0 Å². The summed E-state index contributed by atoms with van der Waals surface area (Å²) < 4.78 is 2.88. The first-order valence-corrected chi connectivity index (χ1v) is 6.41. The van der Waals surface area contributed by atoms with Gasteiger partial charge >= 0.3 is 5.97 Å². The maximum Gasteiger partial charge on any atom is 0.335 e. The van der Waals surface area contributed by atoms with Crippen LogP contribution in [-0.2, 0) is 0 Å². The van der Waals surface area contributed by atoms with Gasteiger partial charge in [-0.25, -0.2) is 9.78 Å². The molecule has 0 fully saturated rings. The molecule has 0 saturated carbocycles. The molecule has 5 heteroatoms. The standard InChI is InChI=1S/C14H9BrN2O2/c15-10-3-1-2-4-12(10)17-8-16-11-7-9(14(18)19)5-6-13(11)17/h1-8H,(H,18,19). The minimum atomic E-state index is -0.947. The summed E-state index contributed by atoms with van der Waals surface area (Å²) in [7, 11) is 0. The van der Waals surface area contributed by atoms with Crippen molar-refractivity contribution in [2.45, 2.75) is 0 Å². The number of aromatic nitrogens is 2. The number of hydrogen-bond acceptors (Lipinski definition) is 2. The van der Waals surface area contributed by atoms with E-state index in [-0.39, 0.29) is 5.56 Å². The van der Waals surface area contributed by atoms with Crippen molar-refractivity contribution in [2.24, 2.45) is 0 Å². The zero-order valence-electron chi connectivity index (χ0n) is 9.75. The van der Waals surface area contributed by atoms with Crippen molar-refractivity contribution < 1.29 is 9.90 Å². The third kappa shape index (κ3) is 2.02. The minimum absolute atomic E-state index is 0.241. The summed E-state index contributed by atoms with van der Waals surface area (Å²) in [6.45, 7) is 0. The second kappa shape index (κ2) is 4.51. The molecule has 0 amide bonds. The van der Waals surface area contributed by atoms with Gasteiger partial charge in [-0.1, -0.05) is 12.1 Å². The lowest BCUT2D eigenvalue weighted by Gasteiger charge is -2.06. The van der Waals surface area contributed by atoms with E-state index in [2.05, 4.69) is 20.9 Å². The summed E-state index contributed by atoms with van der Waals surface area (Å²) >= 11 is 3.50. The number of carboxylic acid groups (broad SMARTS) is 1. The second-order valence-corrected chi connectivity index (χ2v) is 4.93. The molecule has 3 rings (SSSR count). The summed E-state index contributed by atoms with van der Waals surface area (Å²) in [4.78, 5) is 15.2. The molecule has 1 heterocycles. The second-order valence-electron chi connectivity index (χ2n) is 4.07. The smallest absolute Gasteiger partial charge is 0.335 e. The van der Waals surface area contributed by atoms with E-state index in [1.54, 1.807) is 24.5 Å². The van der Waals surface area contributed by atoms with Gasteiger partial charge in [0.1, 0.15) is 6.33 Å². The van der Waals surface area contributed by atoms with E-state index in [0.29, 0.717) is 5.52 Å². The number of halogens is 1. The first kappa shape index (κ1) is 11.9. The summed E-state index contributed by atoms with van der Waals surface area (Å²) in [5, 5.41) is 8.97. The molecular weight excluding hydrogens is 308 g/mol. The topological polar surface area (TPSA) is 55.1 Å². The normalized spacial score (nSPS) is 10.8. The number of fused-ring (bicyclic) bond motifs is 1. The van der Waals surface area contributed by atoms with Crippen molar-refractivity contribution >= 4 is 32.9 Å². The molecule has 0 bridgehead atoms. The van der Waals surface area contributed by atoms with Gasteiger partial charge in [0.25, 0.3) is 0 Å². The van der Waals surface area contributed by atoms with Crippen LogP contribution in [0.25, 0.3) is 16.7 Å². The Bertz CT molecular complexity index is 780. The molecule has 0 saturated heterocycles. The third-order valence-corrected chi connectivity index (χ3v) is 3.58. The molecule has 0 aliphatic heterocycles. The molecule has 1 aromatic heterocycles. The van der Waals surface area contributed by atoms with Gasteiger partial charge in [-0.15, -0.1) is 0 Å². The molecule has 2 aromatic carbocycles. The molecule has 0 unspecified atom stereocenters. The Morgan fingerprint density at radius 1 is 1.21 bits per heavy atom. The molecule has 4 nitrogen and oxygen atoms in total. The number of carbonyl (C=O) groups is 1. The van der Waals surface area contributed by atoms with E-state index < -0.39 is 5.97 Å². The quantitative estimate of drug-likeness (QED) is 0.787. The number of carboxylic acids is 1. The largest absolute Gasteiger partial charge is 0.478 e. The molecule has 0 atom stereocenters. The van der Waals surface area contributed by atoms with Gasteiger partial charge in [-0.2, -0.15) is 0 Å². The van der Waals surface area contributed by atoms with E-state index in [1.807, 2.05) is 28.8 Å². The summed E-state index contributed by atoms with van der Waals surface area (Å²) in [6.07, 6.45) is 1.69. The Hall–Kier alpha value is -2.14.